The van der Waals surface area contributed by atoms with Crippen LogP contribution >= 0.6 is 0 Å². The van der Waals surface area contributed by atoms with Gasteiger partial charge in [-0.3, -0.25) is 0 Å². The summed E-state index contributed by atoms with van der Waals surface area (Å²) in [6.45, 7) is 0.252. The summed E-state index contributed by atoms with van der Waals surface area (Å²) < 4.78 is 0. The lowest BCUT2D eigenvalue weighted by Gasteiger charge is -2.27. The van der Waals surface area contributed by atoms with Gasteiger partial charge in [0, 0.05) is 12.6 Å². The van der Waals surface area contributed by atoms with E-state index < -0.39 is 6.09 Å². The van der Waals surface area contributed by atoms with E-state index in [9.17, 15) is 4.79 Å². The number of aliphatic hydroxyl groups is 1. The fraction of sp³-hybridized carbons (Fsp3) is 0.889. The van der Waals surface area contributed by atoms with Gasteiger partial charge in [-0.05, 0) is 38.0 Å². The molecule has 0 saturated heterocycles. The van der Waals surface area contributed by atoms with Crippen LogP contribution in [0, 0.1) is 5.92 Å². The van der Waals surface area contributed by atoms with Crippen molar-refractivity contribution in [3.8, 4) is 0 Å². The number of carbonyl (C=O) groups is 1. The Hall–Kier alpha value is -0.770. The molecule has 0 heterocycles. The van der Waals surface area contributed by atoms with Crippen molar-refractivity contribution in [2.24, 2.45) is 5.92 Å². The van der Waals surface area contributed by atoms with Gasteiger partial charge in [0.1, 0.15) is 0 Å². The molecule has 0 spiro atoms. The van der Waals surface area contributed by atoms with E-state index >= 15 is 0 Å². The number of aliphatic hydroxyl groups excluding tert-OH is 1. The van der Waals surface area contributed by atoms with Gasteiger partial charge in [0.2, 0.25) is 0 Å². The SMILES string of the molecule is O=C(O)N[C@H]1CC[C@H](CCO)CC1. The van der Waals surface area contributed by atoms with Crippen LogP contribution in [-0.4, -0.2) is 29.0 Å². The Morgan fingerprint density at radius 2 is 1.92 bits per heavy atom. The van der Waals surface area contributed by atoms with E-state index in [4.69, 9.17) is 10.2 Å². The molecular weight excluding hydrogens is 170 g/mol. The summed E-state index contributed by atoms with van der Waals surface area (Å²) in [6.07, 6.45) is 3.83. The lowest BCUT2D eigenvalue weighted by atomic mass is 9.84. The first-order valence-corrected chi connectivity index (χ1v) is 4.82. The second-order valence-corrected chi connectivity index (χ2v) is 3.68. The zero-order valence-electron chi connectivity index (χ0n) is 7.70. The Balaban J connectivity index is 2.18. The Kier molecular flexibility index (Phi) is 4.02. The lowest BCUT2D eigenvalue weighted by Crippen LogP contribution is -2.36. The average Bonchev–Trinajstić information content (AvgIpc) is 2.08. The molecule has 0 bridgehead atoms. The minimum Gasteiger partial charge on any atom is -0.465 e. The molecule has 1 aliphatic rings. The molecule has 0 aromatic carbocycles. The molecule has 0 aromatic heterocycles. The highest BCUT2D eigenvalue weighted by atomic mass is 16.4. The van der Waals surface area contributed by atoms with E-state index in [1.165, 1.54) is 0 Å². The third kappa shape index (κ3) is 3.63. The van der Waals surface area contributed by atoms with Crippen molar-refractivity contribution in [3.63, 3.8) is 0 Å². The number of rotatable bonds is 3. The van der Waals surface area contributed by atoms with Gasteiger partial charge < -0.3 is 15.5 Å². The Morgan fingerprint density at radius 3 is 2.38 bits per heavy atom. The summed E-state index contributed by atoms with van der Waals surface area (Å²) in [5.74, 6) is 0.594. The summed E-state index contributed by atoms with van der Waals surface area (Å²) >= 11 is 0. The number of carboxylic acid groups (broad SMARTS) is 1. The van der Waals surface area contributed by atoms with Crippen LogP contribution < -0.4 is 5.32 Å². The third-order valence-corrected chi connectivity index (χ3v) is 2.71. The number of amides is 1. The molecule has 3 N–H and O–H groups in total. The molecule has 1 saturated carbocycles. The number of hydrogen-bond donors (Lipinski definition) is 3. The molecule has 1 fully saturated rings. The molecule has 1 amide bonds. The van der Waals surface area contributed by atoms with Gasteiger partial charge >= 0.3 is 6.09 Å². The quantitative estimate of drug-likeness (QED) is 0.621. The maximum absolute atomic E-state index is 10.3. The van der Waals surface area contributed by atoms with Crippen LogP contribution in [0.25, 0.3) is 0 Å². The topological polar surface area (TPSA) is 69.6 Å². The standard InChI is InChI=1S/C9H17NO3/c11-6-5-7-1-3-8(4-2-7)10-9(12)13/h7-8,10-11H,1-6H2,(H,12,13)/t7-,8-. The first-order valence-electron chi connectivity index (χ1n) is 4.82. The van der Waals surface area contributed by atoms with Crippen molar-refractivity contribution < 1.29 is 15.0 Å². The molecule has 13 heavy (non-hydrogen) atoms. The molecule has 0 atom stereocenters. The smallest absolute Gasteiger partial charge is 0.404 e. The maximum atomic E-state index is 10.3. The molecule has 4 nitrogen and oxygen atoms in total. The fourth-order valence-corrected chi connectivity index (χ4v) is 1.95. The molecule has 0 radical (unpaired) electrons. The minimum atomic E-state index is -0.925. The molecule has 76 valence electrons. The molecular formula is C9H17NO3. The molecule has 1 rings (SSSR count). The number of hydrogen-bond acceptors (Lipinski definition) is 2. The van der Waals surface area contributed by atoms with Gasteiger partial charge in [0.25, 0.3) is 0 Å². The summed E-state index contributed by atoms with van der Waals surface area (Å²) in [7, 11) is 0. The zero-order chi connectivity index (χ0) is 9.68. The predicted molar refractivity (Wildman–Crippen MR) is 48.6 cm³/mol. The Morgan fingerprint density at radius 1 is 1.31 bits per heavy atom. The average molecular weight is 187 g/mol. The van der Waals surface area contributed by atoms with Crippen molar-refractivity contribution in [1.29, 1.82) is 0 Å². The fourth-order valence-electron chi connectivity index (χ4n) is 1.95. The second kappa shape index (κ2) is 5.07. The first kappa shape index (κ1) is 10.3. The van der Waals surface area contributed by atoms with Crippen molar-refractivity contribution in [2.45, 2.75) is 38.1 Å². The highest BCUT2D eigenvalue weighted by Crippen LogP contribution is 2.26. The minimum absolute atomic E-state index is 0.132. The summed E-state index contributed by atoms with van der Waals surface area (Å²) in [5.41, 5.74) is 0. The molecule has 4 heteroatoms. The van der Waals surface area contributed by atoms with Gasteiger partial charge in [-0.15, -0.1) is 0 Å². The van der Waals surface area contributed by atoms with Crippen LogP contribution in [0.15, 0.2) is 0 Å². The second-order valence-electron chi connectivity index (χ2n) is 3.68. The van der Waals surface area contributed by atoms with Gasteiger partial charge in [0.15, 0.2) is 0 Å². The van der Waals surface area contributed by atoms with E-state index in [1.807, 2.05) is 0 Å². The first-order chi connectivity index (χ1) is 6.22. The van der Waals surface area contributed by atoms with Gasteiger partial charge in [-0.2, -0.15) is 0 Å². The molecule has 0 aliphatic heterocycles. The van der Waals surface area contributed by atoms with Gasteiger partial charge in [0.05, 0.1) is 0 Å². The lowest BCUT2D eigenvalue weighted by molar-refractivity contribution is 0.176. The summed E-state index contributed by atoms with van der Waals surface area (Å²) in [5, 5.41) is 19.7. The number of nitrogens with one attached hydrogen (secondary N) is 1. The van der Waals surface area contributed by atoms with E-state index in [-0.39, 0.29) is 12.6 Å². The molecule has 0 aromatic rings. The molecule has 0 unspecified atom stereocenters. The Bertz CT molecular complexity index is 164. The van der Waals surface area contributed by atoms with E-state index in [0.29, 0.717) is 5.92 Å². The van der Waals surface area contributed by atoms with Crippen LogP contribution in [-0.2, 0) is 0 Å². The van der Waals surface area contributed by atoms with E-state index in [2.05, 4.69) is 5.32 Å². The highest BCUT2D eigenvalue weighted by Gasteiger charge is 2.21. The van der Waals surface area contributed by atoms with E-state index in [1.54, 1.807) is 0 Å². The van der Waals surface area contributed by atoms with E-state index in [0.717, 1.165) is 32.1 Å². The van der Waals surface area contributed by atoms with Gasteiger partial charge in [-0.1, -0.05) is 0 Å². The van der Waals surface area contributed by atoms with Crippen LogP contribution in [0.4, 0.5) is 4.79 Å². The van der Waals surface area contributed by atoms with Crippen LogP contribution in [0.5, 0.6) is 0 Å². The summed E-state index contributed by atoms with van der Waals surface area (Å²) in [4.78, 5) is 10.3. The van der Waals surface area contributed by atoms with Crippen LogP contribution in [0.2, 0.25) is 0 Å². The zero-order valence-corrected chi connectivity index (χ0v) is 7.70. The molecule has 1 aliphatic carbocycles. The van der Waals surface area contributed by atoms with Gasteiger partial charge in [-0.25, -0.2) is 4.79 Å². The van der Waals surface area contributed by atoms with Crippen molar-refractivity contribution in [3.05, 3.63) is 0 Å². The predicted octanol–water partition coefficient (Wildman–Crippen LogP) is 1.20. The van der Waals surface area contributed by atoms with Crippen molar-refractivity contribution in [2.75, 3.05) is 6.61 Å². The van der Waals surface area contributed by atoms with Crippen molar-refractivity contribution >= 4 is 6.09 Å². The van der Waals surface area contributed by atoms with Crippen LogP contribution in [0.1, 0.15) is 32.1 Å². The third-order valence-electron chi connectivity index (χ3n) is 2.71. The van der Waals surface area contributed by atoms with Crippen LogP contribution in [0.3, 0.4) is 0 Å². The normalized spacial score (nSPS) is 28.4. The summed E-state index contributed by atoms with van der Waals surface area (Å²) in [6, 6.07) is 0.132. The maximum Gasteiger partial charge on any atom is 0.404 e. The van der Waals surface area contributed by atoms with Crippen molar-refractivity contribution in [1.82, 2.24) is 5.32 Å². The monoisotopic (exact) mass is 187 g/mol. The Labute approximate surface area is 78.0 Å². The highest BCUT2D eigenvalue weighted by molar-refractivity contribution is 5.64. The largest absolute Gasteiger partial charge is 0.465 e.